The third kappa shape index (κ3) is 5.13. The van der Waals surface area contributed by atoms with Crippen molar-refractivity contribution in [3.05, 3.63) is 29.8 Å². The van der Waals surface area contributed by atoms with Gasteiger partial charge >= 0.3 is 0 Å². The number of nitrogens with two attached hydrogens (primary N) is 1. The van der Waals surface area contributed by atoms with Crippen LogP contribution in [0.2, 0.25) is 0 Å². The van der Waals surface area contributed by atoms with E-state index in [9.17, 15) is 19.2 Å². The minimum absolute atomic E-state index is 0.0139. The summed E-state index contributed by atoms with van der Waals surface area (Å²) in [5, 5.41) is 5.16. The van der Waals surface area contributed by atoms with Crippen LogP contribution in [0.5, 0.6) is 0 Å². The molecule has 1 aliphatic heterocycles. The van der Waals surface area contributed by atoms with Crippen LogP contribution >= 0.6 is 0 Å². The fourth-order valence-corrected chi connectivity index (χ4v) is 2.47. The van der Waals surface area contributed by atoms with Crippen LogP contribution < -0.4 is 16.4 Å². The van der Waals surface area contributed by atoms with Crippen molar-refractivity contribution in [3.63, 3.8) is 0 Å². The number of hydrogen-bond donors (Lipinski definition) is 3. The van der Waals surface area contributed by atoms with Crippen molar-refractivity contribution in [1.82, 2.24) is 10.2 Å². The van der Waals surface area contributed by atoms with Gasteiger partial charge in [0.25, 0.3) is 0 Å². The molecule has 1 aliphatic rings. The SMILES string of the molecule is CC(C)[C@H](N)C(=O)NCC(=O)Nc1ccc(CN2C(=O)CCC2=O)cc1. The molecule has 1 atom stereocenters. The molecule has 0 unspecified atom stereocenters. The number of rotatable bonds is 7. The maximum absolute atomic E-state index is 11.9. The van der Waals surface area contributed by atoms with Crippen LogP contribution in [0.3, 0.4) is 0 Å². The summed E-state index contributed by atoms with van der Waals surface area (Å²) >= 11 is 0. The molecule has 1 aromatic rings. The van der Waals surface area contributed by atoms with Gasteiger partial charge < -0.3 is 16.4 Å². The largest absolute Gasteiger partial charge is 0.346 e. The second kappa shape index (κ2) is 8.57. The molecule has 1 heterocycles. The van der Waals surface area contributed by atoms with E-state index in [4.69, 9.17) is 5.73 Å². The lowest BCUT2D eigenvalue weighted by molar-refractivity contribution is -0.139. The first-order chi connectivity index (χ1) is 12.3. The van der Waals surface area contributed by atoms with E-state index in [2.05, 4.69) is 10.6 Å². The molecule has 1 fully saturated rings. The lowest BCUT2D eigenvalue weighted by Crippen LogP contribution is -2.46. The van der Waals surface area contributed by atoms with Crippen molar-refractivity contribution in [3.8, 4) is 0 Å². The first-order valence-electron chi connectivity index (χ1n) is 8.53. The highest BCUT2D eigenvalue weighted by molar-refractivity contribution is 6.01. The predicted molar refractivity (Wildman–Crippen MR) is 95.7 cm³/mol. The quantitative estimate of drug-likeness (QED) is 0.607. The number of likely N-dealkylation sites (tertiary alicyclic amines) is 1. The normalized spacial score (nSPS) is 15.3. The molecule has 140 valence electrons. The lowest BCUT2D eigenvalue weighted by atomic mass is 10.1. The smallest absolute Gasteiger partial charge is 0.243 e. The second-order valence-electron chi connectivity index (χ2n) is 6.61. The topological polar surface area (TPSA) is 122 Å². The Labute approximate surface area is 152 Å². The van der Waals surface area contributed by atoms with Crippen LogP contribution in [0.15, 0.2) is 24.3 Å². The monoisotopic (exact) mass is 360 g/mol. The molecule has 0 radical (unpaired) electrons. The van der Waals surface area contributed by atoms with E-state index in [1.807, 2.05) is 13.8 Å². The van der Waals surface area contributed by atoms with Gasteiger partial charge in [0.1, 0.15) is 0 Å². The van der Waals surface area contributed by atoms with Gasteiger partial charge in [0.15, 0.2) is 0 Å². The maximum Gasteiger partial charge on any atom is 0.243 e. The van der Waals surface area contributed by atoms with Crippen molar-refractivity contribution in [1.29, 1.82) is 0 Å². The van der Waals surface area contributed by atoms with Gasteiger partial charge in [-0.3, -0.25) is 24.1 Å². The van der Waals surface area contributed by atoms with Crippen molar-refractivity contribution >= 4 is 29.3 Å². The number of imide groups is 1. The Kier molecular flexibility index (Phi) is 6.46. The summed E-state index contributed by atoms with van der Waals surface area (Å²) in [6, 6.07) is 6.18. The number of carbonyl (C=O) groups is 4. The number of anilines is 1. The van der Waals surface area contributed by atoms with Crippen molar-refractivity contribution in [2.24, 2.45) is 11.7 Å². The Morgan fingerprint density at radius 2 is 1.69 bits per heavy atom. The fraction of sp³-hybridized carbons (Fsp3) is 0.444. The molecule has 0 saturated carbocycles. The van der Waals surface area contributed by atoms with Gasteiger partial charge in [0, 0.05) is 18.5 Å². The number of nitrogens with zero attached hydrogens (tertiary/aromatic N) is 1. The number of hydrogen-bond acceptors (Lipinski definition) is 5. The molecule has 2 rings (SSSR count). The highest BCUT2D eigenvalue weighted by Crippen LogP contribution is 2.17. The molecule has 0 bridgehead atoms. The molecule has 4 N–H and O–H groups in total. The standard InChI is InChI=1S/C18H24N4O4/c1-11(2)17(19)18(26)20-9-14(23)21-13-5-3-12(4-6-13)10-22-15(24)7-8-16(22)25/h3-6,11,17H,7-10,19H2,1-2H3,(H,20,26)(H,21,23)/t17-/m0/s1. The predicted octanol–water partition coefficient (Wildman–Crippen LogP) is 0.374. The first kappa shape index (κ1) is 19.6. The Bertz CT molecular complexity index is 684. The Balaban J connectivity index is 1.83. The number of benzene rings is 1. The zero-order valence-electron chi connectivity index (χ0n) is 15.0. The summed E-state index contributed by atoms with van der Waals surface area (Å²) in [7, 11) is 0. The van der Waals surface area contributed by atoms with E-state index in [0.717, 1.165) is 5.56 Å². The Hall–Kier alpha value is -2.74. The fourth-order valence-electron chi connectivity index (χ4n) is 2.47. The summed E-state index contributed by atoms with van der Waals surface area (Å²) in [5.74, 6) is -1.08. The summed E-state index contributed by atoms with van der Waals surface area (Å²) in [5.41, 5.74) is 7.06. The van der Waals surface area contributed by atoms with Crippen LogP contribution in [0.25, 0.3) is 0 Å². The van der Waals surface area contributed by atoms with Gasteiger partial charge in [0.2, 0.25) is 23.6 Å². The number of carbonyl (C=O) groups excluding carboxylic acids is 4. The van der Waals surface area contributed by atoms with Gasteiger partial charge in [-0.15, -0.1) is 0 Å². The molecule has 8 heteroatoms. The van der Waals surface area contributed by atoms with Crippen molar-refractivity contribution < 1.29 is 19.2 Å². The molecule has 0 spiro atoms. The van der Waals surface area contributed by atoms with Gasteiger partial charge in [0.05, 0.1) is 19.1 Å². The minimum Gasteiger partial charge on any atom is -0.346 e. The van der Waals surface area contributed by atoms with Gasteiger partial charge in [-0.05, 0) is 23.6 Å². The zero-order chi connectivity index (χ0) is 19.3. The Morgan fingerprint density at radius 1 is 1.12 bits per heavy atom. The zero-order valence-corrected chi connectivity index (χ0v) is 15.0. The first-order valence-corrected chi connectivity index (χ1v) is 8.53. The second-order valence-corrected chi connectivity index (χ2v) is 6.61. The van der Waals surface area contributed by atoms with Crippen LogP contribution in [0, 0.1) is 5.92 Å². The lowest BCUT2D eigenvalue weighted by Gasteiger charge is -2.15. The average molecular weight is 360 g/mol. The third-order valence-corrected chi connectivity index (χ3v) is 4.18. The van der Waals surface area contributed by atoms with E-state index in [1.54, 1.807) is 24.3 Å². The molecule has 26 heavy (non-hydrogen) atoms. The highest BCUT2D eigenvalue weighted by atomic mass is 16.2. The van der Waals surface area contributed by atoms with Crippen LogP contribution in [-0.2, 0) is 25.7 Å². The summed E-state index contributed by atoms with van der Waals surface area (Å²) in [6.45, 7) is 3.72. The summed E-state index contributed by atoms with van der Waals surface area (Å²) in [4.78, 5) is 48.1. The van der Waals surface area contributed by atoms with Gasteiger partial charge in [-0.2, -0.15) is 0 Å². The maximum atomic E-state index is 11.9. The molecule has 8 nitrogen and oxygen atoms in total. The number of amides is 4. The van der Waals surface area contributed by atoms with E-state index in [1.165, 1.54) is 4.90 Å². The minimum atomic E-state index is -0.655. The molecule has 0 aliphatic carbocycles. The van der Waals surface area contributed by atoms with Crippen molar-refractivity contribution in [2.75, 3.05) is 11.9 Å². The van der Waals surface area contributed by atoms with Crippen LogP contribution in [0.1, 0.15) is 32.3 Å². The van der Waals surface area contributed by atoms with E-state index in [0.29, 0.717) is 5.69 Å². The van der Waals surface area contributed by atoms with Crippen LogP contribution in [-0.4, -0.2) is 41.1 Å². The van der Waals surface area contributed by atoms with E-state index < -0.39 is 6.04 Å². The van der Waals surface area contributed by atoms with E-state index >= 15 is 0 Å². The molecule has 1 saturated heterocycles. The van der Waals surface area contributed by atoms with Gasteiger partial charge in [-0.1, -0.05) is 26.0 Å². The van der Waals surface area contributed by atoms with Crippen LogP contribution in [0.4, 0.5) is 5.69 Å². The molecule has 4 amide bonds. The van der Waals surface area contributed by atoms with Gasteiger partial charge in [-0.25, -0.2) is 0 Å². The molecular weight excluding hydrogens is 336 g/mol. The average Bonchev–Trinajstić information content (AvgIpc) is 2.92. The van der Waals surface area contributed by atoms with E-state index in [-0.39, 0.29) is 55.5 Å². The molecule has 0 aromatic heterocycles. The Morgan fingerprint density at radius 3 is 2.23 bits per heavy atom. The number of nitrogens with one attached hydrogen (secondary N) is 2. The summed E-state index contributed by atoms with van der Waals surface area (Å²) < 4.78 is 0. The molecule has 1 aromatic carbocycles. The van der Waals surface area contributed by atoms with Crippen molar-refractivity contribution in [2.45, 2.75) is 39.3 Å². The highest BCUT2D eigenvalue weighted by Gasteiger charge is 2.28. The third-order valence-electron chi connectivity index (χ3n) is 4.18. The summed E-state index contributed by atoms with van der Waals surface area (Å²) in [6.07, 6.45) is 0.526. The molecular formula is C18H24N4O4.